The van der Waals surface area contributed by atoms with Crippen LogP contribution >= 0.6 is 0 Å². The third kappa shape index (κ3) is 2.54. The summed E-state index contributed by atoms with van der Waals surface area (Å²) in [6.45, 7) is 5.69. The van der Waals surface area contributed by atoms with Gasteiger partial charge in [0.1, 0.15) is 0 Å². The van der Waals surface area contributed by atoms with Crippen molar-refractivity contribution in [1.29, 1.82) is 0 Å². The van der Waals surface area contributed by atoms with Crippen molar-refractivity contribution < 1.29 is 8.78 Å². The predicted molar refractivity (Wildman–Crippen MR) is 68.1 cm³/mol. The zero-order chi connectivity index (χ0) is 13.3. The van der Waals surface area contributed by atoms with Crippen LogP contribution in [0.2, 0.25) is 0 Å². The first-order chi connectivity index (χ1) is 8.50. The molecule has 1 heterocycles. The molecule has 0 bridgehead atoms. The Balaban J connectivity index is 2.16. The van der Waals surface area contributed by atoms with Crippen molar-refractivity contribution in [3.63, 3.8) is 0 Å². The Hall–Kier alpha value is -1.00. The average Bonchev–Trinajstić information content (AvgIpc) is 2.35. The Labute approximate surface area is 107 Å². The largest absolute Gasteiger partial charge is 0.327 e. The maximum absolute atomic E-state index is 13.8. The minimum atomic E-state index is -0.777. The summed E-state index contributed by atoms with van der Waals surface area (Å²) in [5, 5.41) is 0. The molecule has 1 aromatic carbocycles. The van der Waals surface area contributed by atoms with Gasteiger partial charge in [-0.15, -0.1) is 0 Å². The number of hydrogen-bond donors (Lipinski definition) is 1. The van der Waals surface area contributed by atoms with E-state index in [0.29, 0.717) is 11.5 Å². The van der Waals surface area contributed by atoms with Crippen molar-refractivity contribution in [2.45, 2.75) is 32.4 Å². The monoisotopic (exact) mass is 254 g/mol. The molecule has 4 heteroatoms. The quantitative estimate of drug-likeness (QED) is 0.879. The van der Waals surface area contributed by atoms with Gasteiger partial charge in [-0.1, -0.05) is 19.1 Å². The van der Waals surface area contributed by atoms with Crippen LogP contribution in [0, 0.1) is 17.6 Å². The third-order valence-corrected chi connectivity index (χ3v) is 3.98. The Morgan fingerprint density at radius 2 is 2.11 bits per heavy atom. The number of halogens is 2. The molecule has 18 heavy (non-hydrogen) atoms. The fourth-order valence-electron chi connectivity index (χ4n) is 2.59. The van der Waals surface area contributed by atoms with Gasteiger partial charge in [-0.05, 0) is 25.3 Å². The Morgan fingerprint density at radius 1 is 1.39 bits per heavy atom. The van der Waals surface area contributed by atoms with Gasteiger partial charge in [-0.25, -0.2) is 8.78 Å². The van der Waals surface area contributed by atoms with E-state index in [4.69, 9.17) is 5.73 Å². The molecule has 3 atom stereocenters. The lowest BCUT2D eigenvalue weighted by Crippen LogP contribution is -2.46. The summed E-state index contributed by atoms with van der Waals surface area (Å²) in [4.78, 5) is 2.17. The number of benzene rings is 1. The van der Waals surface area contributed by atoms with Crippen molar-refractivity contribution >= 4 is 0 Å². The third-order valence-electron chi connectivity index (χ3n) is 3.98. The van der Waals surface area contributed by atoms with Crippen LogP contribution < -0.4 is 5.73 Å². The van der Waals surface area contributed by atoms with Crippen molar-refractivity contribution in [1.82, 2.24) is 4.90 Å². The van der Waals surface area contributed by atoms with Crippen LogP contribution in [0.5, 0.6) is 0 Å². The number of nitrogens with two attached hydrogens (primary N) is 1. The first-order valence-corrected chi connectivity index (χ1v) is 6.44. The molecule has 100 valence electrons. The van der Waals surface area contributed by atoms with Gasteiger partial charge in [0.2, 0.25) is 0 Å². The molecule has 0 aromatic heterocycles. The van der Waals surface area contributed by atoms with Gasteiger partial charge in [-0.2, -0.15) is 0 Å². The molecule has 0 amide bonds. The molecule has 0 aliphatic carbocycles. The van der Waals surface area contributed by atoms with Crippen molar-refractivity contribution in [3.05, 3.63) is 35.4 Å². The summed E-state index contributed by atoms with van der Waals surface area (Å²) >= 11 is 0. The number of likely N-dealkylation sites (tertiary alicyclic amines) is 1. The smallest absolute Gasteiger partial charge is 0.163 e. The van der Waals surface area contributed by atoms with Gasteiger partial charge < -0.3 is 5.73 Å². The number of piperidine rings is 1. The van der Waals surface area contributed by atoms with Crippen molar-refractivity contribution in [3.8, 4) is 0 Å². The minimum absolute atomic E-state index is 0.115. The predicted octanol–water partition coefficient (Wildman–Crippen LogP) is 2.69. The summed E-state index contributed by atoms with van der Waals surface area (Å²) in [5.74, 6) is -1.12. The summed E-state index contributed by atoms with van der Waals surface area (Å²) < 4.78 is 27.0. The van der Waals surface area contributed by atoms with Crippen LogP contribution in [-0.4, -0.2) is 24.0 Å². The molecule has 1 aliphatic rings. The first kappa shape index (κ1) is 13.4. The van der Waals surface area contributed by atoms with Gasteiger partial charge in [-0.3, -0.25) is 4.90 Å². The lowest BCUT2D eigenvalue weighted by molar-refractivity contribution is 0.122. The SMILES string of the molecule is CC1CN(C(C)c2cccc(F)c2F)CCC1N. The van der Waals surface area contributed by atoms with Gasteiger partial charge in [0.25, 0.3) is 0 Å². The van der Waals surface area contributed by atoms with E-state index in [9.17, 15) is 8.78 Å². The molecule has 3 unspecified atom stereocenters. The molecule has 0 spiro atoms. The Kier molecular flexibility index (Phi) is 3.97. The molecule has 1 fully saturated rings. The topological polar surface area (TPSA) is 29.3 Å². The summed E-state index contributed by atoms with van der Waals surface area (Å²) in [5.41, 5.74) is 6.40. The van der Waals surface area contributed by atoms with Crippen LogP contribution in [0.3, 0.4) is 0 Å². The van der Waals surface area contributed by atoms with Gasteiger partial charge in [0.15, 0.2) is 11.6 Å². The van der Waals surface area contributed by atoms with E-state index < -0.39 is 11.6 Å². The van der Waals surface area contributed by atoms with Crippen molar-refractivity contribution in [2.75, 3.05) is 13.1 Å². The average molecular weight is 254 g/mol. The normalized spacial score (nSPS) is 27.2. The highest BCUT2D eigenvalue weighted by atomic mass is 19.2. The van der Waals surface area contributed by atoms with E-state index in [1.54, 1.807) is 12.1 Å². The van der Waals surface area contributed by atoms with E-state index in [2.05, 4.69) is 11.8 Å². The standard InChI is InChI=1S/C14H20F2N2/c1-9-8-18(7-6-13(9)17)10(2)11-4-3-5-12(15)14(11)16/h3-5,9-10,13H,6-8,17H2,1-2H3. The van der Waals surface area contributed by atoms with Gasteiger partial charge in [0, 0.05) is 30.7 Å². The molecule has 1 aromatic rings. The van der Waals surface area contributed by atoms with Gasteiger partial charge >= 0.3 is 0 Å². The van der Waals surface area contributed by atoms with Crippen LogP contribution in [0.1, 0.15) is 31.9 Å². The summed E-state index contributed by atoms with van der Waals surface area (Å²) in [6, 6.07) is 4.47. The highest BCUT2D eigenvalue weighted by Crippen LogP contribution is 2.28. The van der Waals surface area contributed by atoms with E-state index in [0.717, 1.165) is 25.6 Å². The molecular weight excluding hydrogens is 234 g/mol. The number of rotatable bonds is 2. The second-order valence-corrected chi connectivity index (χ2v) is 5.24. The highest BCUT2D eigenvalue weighted by Gasteiger charge is 2.28. The van der Waals surface area contributed by atoms with Crippen molar-refractivity contribution in [2.24, 2.45) is 11.7 Å². The van der Waals surface area contributed by atoms with E-state index >= 15 is 0 Å². The Bertz CT molecular complexity index is 422. The first-order valence-electron chi connectivity index (χ1n) is 6.44. The fraction of sp³-hybridized carbons (Fsp3) is 0.571. The molecular formula is C14H20F2N2. The molecule has 2 N–H and O–H groups in total. The maximum atomic E-state index is 13.8. The maximum Gasteiger partial charge on any atom is 0.163 e. The second kappa shape index (κ2) is 5.33. The molecule has 0 radical (unpaired) electrons. The van der Waals surface area contributed by atoms with E-state index in [1.165, 1.54) is 0 Å². The molecule has 2 nitrogen and oxygen atoms in total. The molecule has 1 saturated heterocycles. The second-order valence-electron chi connectivity index (χ2n) is 5.24. The molecule has 1 aliphatic heterocycles. The lowest BCUT2D eigenvalue weighted by atomic mass is 9.92. The van der Waals surface area contributed by atoms with E-state index in [-0.39, 0.29) is 12.1 Å². The zero-order valence-electron chi connectivity index (χ0n) is 10.9. The molecule has 0 saturated carbocycles. The number of hydrogen-bond acceptors (Lipinski definition) is 2. The van der Waals surface area contributed by atoms with E-state index in [1.807, 2.05) is 6.92 Å². The highest BCUT2D eigenvalue weighted by molar-refractivity contribution is 5.22. The fourth-order valence-corrected chi connectivity index (χ4v) is 2.59. The lowest BCUT2D eigenvalue weighted by Gasteiger charge is -2.38. The summed E-state index contributed by atoms with van der Waals surface area (Å²) in [7, 11) is 0. The van der Waals surface area contributed by atoms with Crippen LogP contribution in [0.25, 0.3) is 0 Å². The number of nitrogens with zero attached hydrogens (tertiary/aromatic N) is 1. The zero-order valence-corrected chi connectivity index (χ0v) is 10.9. The van der Waals surface area contributed by atoms with Crippen LogP contribution in [0.4, 0.5) is 8.78 Å². The molecule has 2 rings (SSSR count). The van der Waals surface area contributed by atoms with Gasteiger partial charge in [0.05, 0.1) is 0 Å². The van der Waals surface area contributed by atoms with Crippen LogP contribution in [0.15, 0.2) is 18.2 Å². The Morgan fingerprint density at radius 3 is 2.78 bits per heavy atom. The minimum Gasteiger partial charge on any atom is -0.327 e. The summed E-state index contributed by atoms with van der Waals surface area (Å²) in [6.07, 6.45) is 0.905. The van der Waals surface area contributed by atoms with Crippen LogP contribution in [-0.2, 0) is 0 Å².